The molecule has 24 heavy (non-hydrogen) atoms. The van der Waals surface area contributed by atoms with Crippen molar-refractivity contribution in [3.63, 3.8) is 0 Å². The number of nitrogens with zero attached hydrogens (tertiary/aromatic N) is 6. The molecule has 6 heteroatoms. The monoisotopic (exact) mass is 338 g/mol. The third-order valence-electron chi connectivity index (χ3n) is 3.30. The Kier molecular flexibility index (Phi) is 11.2. The minimum absolute atomic E-state index is 0. The first-order valence-electron chi connectivity index (χ1n) is 8.05. The topological polar surface area (TPSA) is 61.4 Å². The first kappa shape index (κ1) is 24.5. The molecule has 2 heterocycles. The molecule has 0 saturated carbocycles. The first-order valence-corrected chi connectivity index (χ1v) is 8.05. The molecule has 0 spiro atoms. The Hall–Kier alpha value is -1.72. The van der Waals surface area contributed by atoms with Gasteiger partial charge in [-0.25, -0.2) is 9.36 Å². The van der Waals surface area contributed by atoms with Crippen LogP contribution in [0.2, 0.25) is 0 Å². The van der Waals surface area contributed by atoms with E-state index >= 15 is 0 Å². The number of aromatic nitrogens is 6. The van der Waals surface area contributed by atoms with Crippen LogP contribution in [-0.2, 0) is 0 Å². The summed E-state index contributed by atoms with van der Waals surface area (Å²) in [5.41, 5.74) is 2.14. The summed E-state index contributed by atoms with van der Waals surface area (Å²) in [5.74, 6) is 0.949. The largest absolute Gasteiger partial charge is 0.250 e. The van der Waals surface area contributed by atoms with Gasteiger partial charge < -0.3 is 0 Å². The number of hydrogen-bond donors (Lipinski definition) is 0. The van der Waals surface area contributed by atoms with E-state index in [2.05, 4.69) is 76.0 Å². The summed E-state index contributed by atoms with van der Waals surface area (Å²) in [6, 6.07) is 0.824. The fourth-order valence-corrected chi connectivity index (χ4v) is 1.61. The lowest BCUT2D eigenvalue weighted by Crippen LogP contribution is -2.00. The van der Waals surface area contributed by atoms with Crippen LogP contribution in [0, 0.1) is 0 Å². The molecule has 2 aromatic rings. The maximum absolute atomic E-state index is 4.05. The Labute approximate surface area is 148 Å². The van der Waals surface area contributed by atoms with Crippen molar-refractivity contribution in [3.8, 4) is 0 Å². The normalized spacial score (nSPS) is 10.5. The molecule has 140 valence electrons. The highest BCUT2D eigenvalue weighted by molar-refractivity contribution is 4.99. The third-order valence-corrected chi connectivity index (χ3v) is 3.30. The lowest BCUT2D eigenvalue weighted by Gasteiger charge is -2.01. The first-order chi connectivity index (χ1) is 10.2. The lowest BCUT2D eigenvalue weighted by molar-refractivity contribution is 0.514. The summed E-state index contributed by atoms with van der Waals surface area (Å²) < 4.78 is 3.77. The van der Waals surface area contributed by atoms with Gasteiger partial charge in [0.05, 0.1) is 11.4 Å². The molecule has 0 aliphatic heterocycles. The molecule has 0 saturated heterocycles. The van der Waals surface area contributed by atoms with Gasteiger partial charge in [0.25, 0.3) is 0 Å². The average Bonchev–Trinajstić information content (AvgIpc) is 3.09. The Bertz CT molecular complexity index is 456. The predicted octanol–water partition coefficient (Wildman–Crippen LogP) is 5.24. The van der Waals surface area contributed by atoms with Crippen molar-refractivity contribution in [2.45, 2.75) is 94.2 Å². The summed E-state index contributed by atoms with van der Waals surface area (Å²) in [7, 11) is 0. The third kappa shape index (κ3) is 7.23. The van der Waals surface area contributed by atoms with Gasteiger partial charge in [-0.05, 0) is 39.5 Å². The van der Waals surface area contributed by atoms with E-state index in [9.17, 15) is 0 Å². The Morgan fingerprint density at radius 3 is 1.04 bits per heavy atom. The molecule has 0 N–H and O–H groups in total. The van der Waals surface area contributed by atoms with Crippen LogP contribution in [0.1, 0.15) is 106 Å². The maximum Gasteiger partial charge on any atom is 0.0852 e. The highest BCUT2D eigenvalue weighted by Gasteiger charge is 2.06. The SMILES string of the molecule is C.C.CC(C)c1cn(C(C)C)nn1.CC(C)c1cn(C(C)C)nn1. The molecule has 2 rings (SSSR count). The van der Waals surface area contributed by atoms with Gasteiger partial charge in [0.2, 0.25) is 0 Å². The van der Waals surface area contributed by atoms with Crippen LogP contribution >= 0.6 is 0 Å². The van der Waals surface area contributed by atoms with Crippen molar-refractivity contribution < 1.29 is 0 Å². The predicted molar refractivity (Wildman–Crippen MR) is 102 cm³/mol. The van der Waals surface area contributed by atoms with Gasteiger partial charge in [-0.15, -0.1) is 10.2 Å². The second-order valence-corrected chi connectivity index (χ2v) is 6.74. The van der Waals surface area contributed by atoms with Crippen LogP contribution in [0.15, 0.2) is 12.4 Å². The van der Waals surface area contributed by atoms with Gasteiger partial charge in [0, 0.05) is 24.5 Å². The van der Waals surface area contributed by atoms with E-state index in [1.165, 1.54) is 0 Å². The van der Waals surface area contributed by atoms with Crippen molar-refractivity contribution in [1.82, 2.24) is 30.0 Å². The maximum atomic E-state index is 4.05. The quantitative estimate of drug-likeness (QED) is 0.765. The number of hydrogen-bond acceptors (Lipinski definition) is 4. The minimum atomic E-state index is 0. The molecular weight excluding hydrogens is 300 g/mol. The van der Waals surface area contributed by atoms with Gasteiger partial charge in [-0.1, -0.05) is 53.0 Å². The van der Waals surface area contributed by atoms with E-state index in [0.717, 1.165) is 11.4 Å². The zero-order valence-corrected chi connectivity index (χ0v) is 15.1. The molecule has 0 amide bonds. The van der Waals surface area contributed by atoms with Crippen LogP contribution in [0.25, 0.3) is 0 Å². The molecule has 0 aromatic carbocycles. The fraction of sp³-hybridized carbons (Fsp3) is 0.778. The molecule has 2 aromatic heterocycles. The lowest BCUT2D eigenvalue weighted by atomic mass is 10.2. The van der Waals surface area contributed by atoms with Crippen LogP contribution in [0.5, 0.6) is 0 Å². The van der Waals surface area contributed by atoms with E-state index in [-0.39, 0.29) is 14.9 Å². The van der Waals surface area contributed by atoms with Crippen molar-refractivity contribution >= 4 is 0 Å². The van der Waals surface area contributed by atoms with Crippen LogP contribution < -0.4 is 0 Å². The fourth-order valence-electron chi connectivity index (χ4n) is 1.61. The molecule has 6 nitrogen and oxygen atoms in total. The van der Waals surface area contributed by atoms with Crippen molar-refractivity contribution in [2.24, 2.45) is 0 Å². The Morgan fingerprint density at radius 1 is 0.625 bits per heavy atom. The molecule has 0 unspecified atom stereocenters. The van der Waals surface area contributed by atoms with Crippen molar-refractivity contribution in [3.05, 3.63) is 23.8 Å². The van der Waals surface area contributed by atoms with Crippen molar-refractivity contribution in [2.75, 3.05) is 0 Å². The van der Waals surface area contributed by atoms with Gasteiger partial charge >= 0.3 is 0 Å². The van der Waals surface area contributed by atoms with Crippen LogP contribution in [0.3, 0.4) is 0 Å². The smallest absolute Gasteiger partial charge is 0.0852 e. The average molecular weight is 339 g/mol. The van der Waals surface area contributed by atoms with E-state index in [1.54, 1.807) is 0 Å². The van der Waals surface area contributed by atoms with Gasteiger partial charge in [-0.2, -0.15) is 0 Å². The zero-order chi connectivity index (χ0) is 16.9. The summed E-state index contributed by atoms with van der Waals surface area (Å²) >= 11 is 0. The Balaban J connectivity index is 0. The second kappa shape index (κ2) is 10.9. The summed E-state index contributed by atoms with van der Waals surface area (Å²) in [4.78, 5) is 0. The van der Waals surface area contributed by atoms with Gasteiger partial charge in [-0.3, -0.25) is 0 Å². The van der Waals surface area contributed by atoms with Crippen LogP contribution in [0.4, 0.5) is 0 Å². The van der Waals surface area contributed by atoms with E-state index in [4.69, 9.17) is 0 Å². The molecule has 0 aliphatic carbocycles. The highest BCUT2D eigenvalue weighted by Crippen LogP contribution is 2.12. The molecule has 0 aliphatic rings. The van der Waals surface area contributed by atoms with Crippen LogP contribution in [-0.4, -0.2) is 30.0 Å². The van der Waals surface area contributed by atoms with Crippen molar-refractivity contribution in [1.29, 1.82) is 0 Å². The molecule has 0 atom stereocenters. The summed E-state index contributed by atoms with van der Waals surface area (Å²) in [5, 5.41) is 16.1. The van der Waals surface area contributed by atoms with E-state index in [0.29, 0.717) is 23.9 Å². The van der Waals surface area contributed by atoms with E-state index < -0.39 is 0 Å². The van der Waals surface area contributed by atoms with Gasteiger partial charge in [0.1, 0.15) is 0 Å². The molecule has 0 radical (unpaired) electrons. The standard InChI is InChI=1S/2C8H15N3.2CH4/c2*1-6(2)8-5-11(7(3)4)10-9-8;;/h2*5-7H,1-4H3;2*1H4. The van der Waals surface area contributed by atoms with Gasteiger partial charge in [0.15, 0.2) is 0 Å². The summed E-state index contributed by atoms with van der Waals surface area (Å²) in [6.07, 6.45) is 4.02. The molecule has 0 fully saturated rings. The zero-order valence-electron chi connectivity index (χ0n) is 15.1. The summed E-state index contributed by atoms with van der Waals surface area (Å²) in [6.45, 7) is 16.9. The molecular formula is C18H38N6. The molecule has 0 bridgehead atoms. The highest BCUT2D eigenvalue weighted by atomic mass is 15.4. The van der Waals surface area contributed by atoms with E-state index in [1.807, 2.05) is 21.8 Å². The Morgan fingerprint density at radius 2 is 0.917 bits per heavy atom. The second-order valence-electron chi connectivity index (χ2n) is 6.74. The minimum Gasteiger partial charge on any atom is -0.250 e. The number of rotatable bonds is 4.